The summed E-state index contributed by atoms with van der Waals surface area (Å²) < 4.78 is 2.10. The lowest BCUT2D eigenvalue weighted by molar-refractivity contribution is 0.593. The van der Waals surface area contributed by atoms with Crippen molar-refractivity contribution in [2.75, 3.05) is 6.54 Å². The highest BCUT2D eigenvalue weighted by Crippen LogP contribution is 2.10. The maximum atomic E-state index is 4.48. The molecule has 1 N–H and O–H groups in total. The molecule has 0 aliphatic carbocycles. The number of nitrogens with zero attached hydrogens (tertiary/aromatic N) is 2. The van der Waals surface area contributed by atoms with Crippen LogP contribution in [0.1, 0.15) is 45.5 Å². The number of nitrogens with one attached hydrogen (secondary N) is 1. The fraction of sp³-hybridized carbons (Fsp3) is 0.667. The molecule has 0 aliphatic rings. The summed E-state index contributed by atoms with van der Waals surface area (Å²) in [5.74, 6) is 0. The van der Waals surface area contributed by atoms with Crippen molar-refractivity contribution in [3.63, 3.8) is 0 Å². The second kappa shape index (κ2) is 7.37. The lowest BCUT2D eigenvalue weighted by atomic mass is 10.1. The van der Waals surface area contributed by atoms with Crippen LogP contribution in [-0.4, -0.2) is 22.4 Å². The first-order valence-electron chi connectivity index (χ1n) is 6.95. The van der Waals surface area contributed by atoms with Crippen LogP contribution in [0.2, 0.25) is 0 Å². The molecule has 0 spiro atoms. The van der Waals surface area contributed by atoms with E-state index in [0.717, 1.165) is 31.6 Å². The average molecular weight is 249 g/mol. The maximum Gasteiger partial charge on any atom is 0.0596 e. The Morgan fingerprint density at radius 1 is 1.50 bits per heavy atom. The predicted molar refractivity (Wildman–Crippen MR) is 77.9 cm³/mol. The van der Waals surface area contributed by atoms with E-state index in [0.29, 0.717) is 6.04 Å². The van der Waals surface area contributed by atoms with E-state index in [1.54, 1.807) is 0 Å². The van der Waals surface area contributed by atoms with Crippen molar-refractivity contribution in [2.45, 2.75) is 60.0 Å². The van der Waals surface area contributed by atoms with Crippen LogP contribution in [0.4, 0.5) is 0 Å². The van der Waals surface area contributed by atoms with Gasteiger partial charge in [-0.25, -0.2) is 0 Å². The standard InChI is InChI=1S/C15H27N3/c1-6-18-15(11-14(5)17-18)10-13(4)8-7-9-16-12(2)3/h8,11-12,16H,6-7,9-10H2,1-5H3. The smallest absolute Gasteiger partial charge is 0.0596 e. The lowest BCUT2D eigenvalue weighted by Crippen LogP contribution is -2.23. The number of aryl methyl sites for hydroxylation is 2. The molecule has 1 aromatic rings. The molecule has 0 aliphatic heterocycles. The summed E-state index contributed by atoms with van der Waals surface area (Å²) in [4.78, 5) is 0. The van der Waals surface area contributed by atoms with Crippen molar-refractivity contribution in [1.29, 1.82) is 0 Å². The van der Waals surface area contributed by atoms with Gasteiger partial charge >= 0.3 is 0 Å². The molecule has 0 fully saturated rings. The predicted octanol–water partition coefficient (Wildman–Crippen LogP) is 3.09. The fourth-order valence-electron chi connectivity index (χ4n) is 2.06. The largest absolute Gasteiger partial charge is 0.314 e. The van der Waals surface area contributed by atoms with Gasteiger partial charge in [-0.1, -0.05) is 25.5 Å². The minimum absolute atomic E-state index is 0.572. The van der Waals surface area contributed by atoms with E-state index in [9.17, 15) is 0 Å². The molecule has 0 atom stereocenters. The number of aromatic nitrogens is 2. The third kappa shape index (κ3) is 5.05. The monoisotopic (exact) mass is 249 g/mol. The third-order valence-electron chi connectivity index (χ3n) is 2.93. The van der Waals surface area contributed by atoms with Crippen LogP contribution in [0, 0.1) is 6.92 Å². The second-order valence-corrected chi connectivity index (χ2v) is 5.22. The number of rotatable bonds is 7. The van der Waals surface area contributed by atoms with E-state index >= 15 is 0 Å². The van der Waals surface area contributed by atoms with E-state index in [2.05, 4.69) is 61.9 Å². The number of allylic oxidation sites excluding steroid dienone is 1. The Morgan fingerprint density at radius 2 is 2.22 bits per heavy atom. The van der Waals surface area contributed by atoms with Crippen molar-refractivity contribution >= 4 is 0 Å². The van der Waals surface area contributed by atoms with E-state index in [4.69, 9.17) is 0 Å². The molecule has 1 heterocycles. The van der Waals surface area contributed by atoms with Gasteiger partial charge in [0.2, 0.25) is 0 Å². The second-order valence-electron chi connectivity index (χ2n) is 5.22. The summed E-state index contributed by atoms with van der Waals surface area (Å²) in [7, 11) is 0. The third-order valence-corrected chi connectivity index (χ3v) is 2.93. The molecule has 0 unspecified atom stereocenters. The first kappa shape index (κ1) is 15.0. The SMILES string of the molecule is CCn1nc(C)cc1CC(C)=CCCNC(C)C. The topological polar surface area (TPSA) is 29.9 Å². The Balaban J connectivity index is 2.47. The summed E-state index contributed by atoms with van der Waals surface area (Å²) in [6.45, 7) is 12.8. The molecule has 1 rings (SSSR count). The number of hydrogen-bond acceptors (Lipinski definition) is 2. The Morgan fingerprint density at radius 3 is 2.83 bits per heavy atom. The van der Waals surface area contributed by atoms with Gasteiger partial charge in [-0.05, 0) is 39.8 Å². The molecule has 0 amide bonds. The van der Waals surface area contributed by atoms with Crippen molar-refractivity contribution in [3.8, 4) is 0 Å². The first-order valence-corrected chi connectivity index (χ1v) is 6.95. The van der Waals surface area contributed by atoms with E-state index in [1.165, 1.54) is 11.3 Å². The van der Waals surface area contributed by atoms with Gasteiger partial charge in [-0.15, -0.1) is 0 Å². The summed E-state index contributed by atoms with van der Waals surface area (Å²) in [6, 6.07) is 2.76. The van der Waals surface area contributed by atoms with Crippen molar-refractivity contribution in [2.24, 2.45) is 0 Å². The normalized spacial score (nSPS) is 12.4. The summed E-state index contributed by atoms with van der Waals surface area (Å²) in [5, 5.41) is 7.91. The highest BCUT2D eigenvalue weighted by molar-refractivity contribution is 5.16. The average Bonchev–Trinajstić information content (AvgIpc) is 2.64. The van der Waals surface area contributed by atoms with Gasteiger partial charge in [-0.3, -0.25) is 4.68 Å². The van der Waals surface area contributed by atoms with Gasteiger partial charge in [0.1, 0.15) is 0 Å². The molecule has 0 bridgehead atoms. The molecule has 0 aromatic carbocycles. The van der Waals surface area contributed by atoms with Crippen LogP contribution in [0.5, 0.6) is 0 Å². The molecule has 18 heavy (non-hydrogen) atoms. The lowest BCUT2D eigenvalue weighted by Gasteiger charge is -2.07. The maximum absolute atomic E-state index is 4.48. The zero-order chi connectivity index (χ0) is 13.5. The Hall–Kier alpha value is -1.09. The fourth-order valence-corrected chi connectivity index (χ4v) is 2.06. The Kier molecular flexibility index (Phi) is 6.13. The molecule has 3 nitrogen and oxygen atoms in total. The molecular weight excluding hydrogens is 222 g/mol. The molecular formula is C15H27N3. The van der Waals surface area contributed by atoms with Gasteiger partial charge in [0.15, 0.2) is 0 Å². The van der Waals surface area contributed by atoms with Crippen LogP contribution in [-0.2, 0) is 13.0 Å². The van der Waals surface area contributed by atoms with Crippen LogP contribution in [0.15, 0.2) is 17.7 Å². The van der Waals surface area contributed by atoms with E-state index < -0.39 is 0 Å². The number of hydrogen-bond donors (Lipinski definition) is 1. The van der Waals surface area contributed by atoms with Gasteiger partial charge in [0, 0.05) is 24.7 Å². The van der Waals surface area contributed by atoms with Crippen molar-refractivity contribution in [3.05, 3.63) is 29.1 Å². The van der Waals surface area contributed by atoms with Gasteiger partial charge in [0.05, 0.1) is 5.69 Å². The zero-order valence-corrected chi connectivity index (χ0v) is 12.5. The molecule has 0 saturated heterocycles. The van der Waals surface area contributed by atoms with Crippen LogP contribution >= 0.6 is 0 Å². The van der Waals surface area contributed by atoms with Gasteiger partial charge in [-0.2, -0.15) is 5.10 Å². The van der Waals surface area contributed by atoms with Crippen molar-refractivity contribution < 1.29 is 0 Å². The quantitative estimate of drug-likeness (QED) is 0.594. The minimum atomic E-state index is 0.572. The van der Waals surface area contributed by atoms with Crippen LogP contribution < -0.4 is 5.32 Å². The molecule has 0 saturated carbocycles. The van der Waals surface area contributed by atoms with Crippen LogP contribution in [0.25, 0.3) is 0 Å². The van der Waals surface area contributed by atoms with Gasteiger partial charge in [0.25, 0.3) is 0 Å². The molecule has 0 radical (unpaired) electrons. The highest BCUT2D eigenvalue weighted by Gasteiger charge is 2.04. The Labute approximate surface area is 111 Å². The van der Waals surface area contributed by atoms with E-state index in [1.807, 2.05) is 0 Å². The zero-order valence-electron chi connectivity index (χ0n) is 12.5. The van der Waals surface area contributed by atoms with Gasteiger partial charge < -0.3 is 5.32 Å². The summed E-state index contributed by atoms with van der Waals surface area (Å²) in [6.07, 6.45) is 4.44. The highest BCUT2D eigenvalue weighted by atomic mass is 15.3. The van der Waals surface area contributed by atoms with Crippen LogP contribution in [0.3, 0.4) is 0 Å². The minimum Gasteiger partial charge on any atom is -0.314 e. The molecule has 3 heteroatoms. The first-order chi connectivity index (χ1) is 8.52. The summed E-state index contributed by atoms with van der Waals surface area (Å²) >= 11 is 0. The molecule has 1 aromatic heterocycles. The van der Waals surface area contributed by atoms with Crippen molar-refractivity contribution in [1.82, 2.24) is 15.1 Å². The Bertz CT molecular complexity index is 388. The molecule has 102 valence electrons. The van der Waals surface area contributed by atoms with E-state index in [-0.39, 0.29) is 0 Å². The summed E-state index contributed by atoms with van der Waals surface area (Å²) in [5.41, 5.74) is 3.86.